The Hall–Kier alpha value is -1.55. The zero-order chi connectivity index (χ0) is 14.4. The van der Waals surface area contributed by atoms with Crippen LogP contribution in [0.1, 0.15) is 44.4 Å². The molecule has 0 saturated heterocycles. The summed E-state index contributed by atoms with van der Waals surface area (Å²) in [5.74, 6) is 0.610. The van der Waals surface area contributed by atoms with Gasteiger partial charge in [0.1, 0.15) is 5.75 Å². The first-order valence-electron chi connectivity index (χ1n) is 6.61. The molecule has 0 saturated carbocycles. The molecular weight excluding hydrogens is 242 g/mol. The van der Waals surface area contributed by atoms with E-state index in [2.05, 4.69) is 5.32 Å². The molecule has 0 unspecified atom stereocenters. The molecule has 19 heavy (non-hydrogen) atoms. The zero-order valence-electron chi connectivity index (χ0n) is 12.1. The number of rotatable bonds is 6. The molecule has 4 heteroatoms. The van der Waals surface area contributed by atoms with Gasteiger partial charge >= 0.3 is 0 Å². The summed E-state index contributed by atoms with van der Waals surface area (Å²) >= 11 is 0. The summed E-state index contributed by atoms with van der Waals surface area (Å²) in [7, 11) is 0. The molecule has 1 aromatic rings. The molecule has 0 bridgehead atoms. The monoisotopic (exact) mass is 265 g/mol. The van der Waals surface area contributed by atoms with Crippen molar-refractivity contribution in [2.45, 2.75) is 46.3 Å². The number of aliphatic hydroxyl groups excluding tert-OH is 1. The Kier molecular flexibility index (Phi) is 5.83. The standard InChI is InChI=1S/C15H23NO3/c1-10(2)16-15(18)7-8-19-14-6-5-11(3)9-13(14)12(4)17/h5-6,9-10,12,17H,7-8H2,1-4H3,(H,16,18)/t12-/m1/s1. The predicted molar refractivity (Wildman–Crippen MR) is 75.2 cm³/mol. The number of nitrogens with one attached hydrogen (secondary N) is 1. The first-order valence-corrected chi connectivity index (χ1v) is 6.61. The van der Waals surface area contributed by atoms with Crippen molar-refractivity contribution in [2.24, 2.45) is 0 Å². The molecule has 0 aromatic heterocycles. The highest BCUT2D eigenvalue weighted by molar-refractivity contribution is 5.76. The molecule has 0 aliphatic heterocycles. The molecule has 4 nitrogen and oxygen atoms in total. The van der Waals surface area contributed by atoms with Crippen molar-refractivity contribution in [3.05, 3.63) is 29.3 Å². The smallest absolute Gasteiger partial charge is 0.223 e. The first kappa shape index (κ1) is 15.5. The Labute approximate surface area is 114 Å². The van der Waals surface area contributed by atoms with Crippen molar-refractivity contribution in [1.82, 2.24) is 5.32 Å². The van der Waals surface area contributed by atoms with Gasteiger partial charge in [-0.1, -0.05) is 11.6 Å². The Bertz CT molecular complexity index is 427. The number of benzene rings is 1. The van der Waals surface area contributed by atoms with Crippen molar-refractivity contribution in [3.63, 3.8) is 0 Å². The summed E-state index contributed by atoms with van der Waals surface area (Å²) in [6, 6.07) is 5.79. The van der Waals surface area contributed by atoms with Gasteiger partial charge in [0.15, 0.2) is 0 Å². The van der Waals surface area contributed by atoms with Gasteiger partial charge in [-0.2, -0.15) is 0 Å². The molecule has 0 radical (unpaired) electrons. The highest BCUT2D eigenvalue weighted by atomic mass is 16.5. The largest absolute Gasteiger partial charge is 0.493 e. The number of ether oxygens (including phenoxy) is 1. The lowest BCUT2D eigenvalue weighted by Crippen LogP contribution is -2.31. The molecule has 0 aliphatic rings. The molecule has 0 spiro atoms. The van der Waals surface area contributed by atoms with Crippen molar-refractivity contribution in [3.8, 4) is 5.75 Å². The number of carbonyl (C=O) groups is 1. The Balaban J connectivity index is 2.56. The van der Waals surface area contributed by atoms with Crippen LogP contribution in [-0.2, 0) is 4.79 Å². The van der Waals surface area contributed by atoms with Crippen LogP contribution in [0.15, 0.2) is 18.2 Å². The summed E-state index contributed by atoms with van der Waals surface area (Å²) < 4.78 is 5.58. The summed E-state index contributed by atoms with van der Waals surface area (Å²) in [5, 5.41) is 12.5. The van der Waals surface area contributed by atoms with Gasteiger partial charge in [0.05, 0.1) is 19.1 Å². The second kappa shape index (κ2) is 7.14. The number of amides is 1. The van der Waals surface area contributed by atoms with Gasteiger partial charge in [0.2, 0.25) is 5.91 Å². The SMILES string of the molecule is Cc1ccc(OCCC(=O)NC(C)C)c([C@@H](C)O)c1. The first-order chi connectivity index (χ1) is 8.90. The lowest BCUT2D eigenvalue weighted by molar-refractivity contribution is -0.122. The van der Waals surface area contributed by atoms with E-state index < -0.39 is 6.10 Å². The fourth-order valence-corrected chi connectivity index (χ4v) is 1.77. The molecule has 1 amide bonds. The normalized spacial score (nSPS) is 12.3. The van der Waals surface area contributed by atoms with E-state index in [1.807, 2.05) is 39.0 Å². The number of hydrogen-bond donors (Lipinski definition) is 2. The number of carbonyl (C=O) groups excluding carboxylic acids is 1. The van der Waals surface area contributed by atoms with Crippen molar-refractivity contribution >= 4 is 5.91 Å². The average Bonchev–Trinajstić information content (AvgIpc) is 2.29. The molecule has 1 aromatic carbocycles. The molecule has 106 valence electrons. The summed E-state index contributed by atoms with van der Waals surface area (Å²) in [4.78, 5) is 11.5. The minimum atomic E-state index is -0.584. The van der Waals surface area contributed by atoms with Gasteiger partial charge in [-0.05, 0) is 39.8 Å². The van der Waals surface area contributed by atoms with E-state index >= 15 is 0 Å². The number of aliphatic hydroxyl groups is 1. The lowest BCUT2D eigenvalue weighted by atomic mass is 10.1. The van der Waals surface area contributed by atoms with E-state index in [1.54, 1.807) is 6.92 Å². The van der Waals surface area contributed by atoms with E-state index in [9.17, 15) is 9.90 Å². The van der Waals surface area contributed by atoms with Crippen LogP contribution in [0.3, 0.4) is 0 Å². The number of aryl methyl sites for hydroxylation is 1. The maximum Gasteiger partial charge on any atom is 0.223 e. The second-order valence-corrected chi connectivity index (χ2v) is 5.04. The van der Waals surface area contributed by atoms with Crippen LogP contribution in [-0.4, -0.2) is 23.7 Å². The van der Waals surface area contributed by atoms with Gasteiger partial charge in [-0.25, -0.2) is 0 Å². The molecule has 0 fully saturated rings. The highest BCUT2D eigenvalue weighted by Crippen LogP contribution is 2.26. The topological polar surface area (TPSA) is 58.6 Å². The lowest BCUT2D eigenvalue weighted by Gasteiger charge is -2.14. The van der Waals surface area contributed by atoms with Gasteiger partial charge in [0.25, 0.3) is 0 Å². The van der Waals surface area contributed by atoms with Gasteiger partial charge in [-0.15, -0.1) is 0 Å². The van der Waals surface area contributed by atoms with Crippen LogP contribution in [0, 0.1) is 6.92 Å². The maximum atomic E-state index is 11.5. The van der Waals surface area contributed by atoms with Crippen molar-refractivity contribution in [1.29, 1.82) is 0 Å². The van der Waals surface area contributed by atoms with Gasteiger partial charge < -0.3 is 15.2 Å². The van der Waals surface area contributed by atoms with Gasteiger partial charge in [0, 0.05) is 11.6 Å². The predicted octanol–water partition coefficient (Wildman–Crippen LogP) is 2.34. The Morgan fingerprint density at radius 2 is 2.05 bits per heavy atom. The Morgan fingerprint density at radius 3 is 2.63 bits per heavy atom. The van der Waals surface area contributed by atoms with E-state index in [-0.39, 0.29) is 11.9 Å². The molecule has 1 rings (SSSR count). The maximum absolute atomic E-state index is 11.5. The fourth-order valence-electron chi connectivity index (χ4n) is 1.77. The minimum absolute atomic E-state index is 0.0271. The Morgan fingerprint density at radius 1 is 1.37 bits per heavy atom. The summed E-state index contributed by atoms with van der Waals surface area (Å²) in [6.07, 6.45) is -0.273. The van der Waals surface area contributed by atoms with E-state index in [4.69, 9.17) is 4.74 Å². The van der Waals surface area contributed by atoms with Crippen LogP contribution in [0.4, 0.5) is 0 Å². The van der Waals surface area contributed by atoms with Crippen molar-refractivity contribution in [2.75, 3.05) is 6.61 Å². The minimum Gasteiger partial charge on any atom is -0.493 e. The average molecular weight is 265 g/mol. The third-order valence-corrected chi connectivity index (χ3v) is 2.65. The van der Waals surface area contributed by atoms with Crippen LogP contribution in [0.2, 0.25) is 0 Å². The zero-order valence-corrected chi connectivity index (χ0v) is 12.1. The quantitative estimate of drug-likeness (QED) is 0.830. The molecule has 0 heterocycles. The van der Waals surface area contributed by atoms with E-state index in [0.717, 1.165) is 11.1 Å². The van der Waals surface area contributed by atoms with Crippen LogP contribution < -0.4 is 10.1 Å². The third-order valence-electron chi connectivity index (χ3n) is 2.65. The summed E-state index contributed by atoms with van der Waals surface area (Å²) in [5.41, 5.74) is 1.82. The van der Waals surface area contributed by atoms with E-state index in [0.29, 0.717) is 18.8 Å². The molecular formula is C15H23NO3. The highest BCUT2D eigenvalue weighted by Gasteiger charge is 2.10. The summed E-state index contributed by atoms with van der Waals surface area (Å²) in [6.45, 7) is 7.81. The van der Waals surface area contributed by atoms with Crippen molar-refractivity contribution < 1.29 is 14.6 Å². The molecule has 1 atom stereocenters. The van der Waals surface area contributed by atoms with E-state index in [1.165, 1.54) is 0 Å². The molecule has 2 N–H and O–H groups in total. The third kappa shape index (κ3) is 5.30. The van der Waals surface area contributed by atoms with Crippen LogP contribution in [0.5, 0.6) is 5.75 Å². The van der Waals surface area contributed by atoms with Crippen LogP contribution >= 0.6 is 0 Å². The number of hydrogen-bond acceptors (Lipinski definition) is 3. The van der Waals surface area contributed by atoms with Gasteiger partial charge in [-0.3, -0.25) is 4.79 Å². The fraction of sp³-hybridized carbons (Fsp3) is 0.533. The molecule has 0 aliphatic carbocycles. The van der Waals surface area contributed by atoms with Crippen LogP contribution in [0.25, 0.3) is 0 Å². The second-order valence-electron chi connectivity index (χ2n) is 5.04.